The molecule has 0 radical (unpaired) electrons. The molecule has 4 nitrogen and oxygen atoms in total. The van der Waals surface area contributed by atoms with Crippen molar-refractivity contribution in [2.75, 3.05) is 6.26 Å². The van der Waals surface area contributed by atoms with E-state index >= 15 is 0 Å². The second-order valence-corrected chi connectivity index (χ2v) is 4.47. The molecule has 1 heterocycles. The number of hydrogen-bond acceptors (Lipinski definition) is 4. The van der Waals surface area contributed by atoms with Crippen LogP contribution in [0.5, 0.6) is 5.95 Å². The fourth-order valence-corrected chi connectivity index (χ4v) is 1.53. The fourth-order valence-electron chi connectivity index (χ4n) is 1.15. The molecule has 1 aromatic heterocycles. The molecular weight excluding hydrogens is 204 g/mol. The van der Waals surface area contributed by atoms with Crippen molar-refractivity contribution < 1.29 is 17.0 Å². The molecule has 0 amide bonds. The molecule has 0 aliphatic rings. The Labute approximate surface area is 81.2 Å². The SMILES string of the molecule is CS(=O)(=O)Oc1cc2ccccc2o1. The van der Waals surface area contributed by atoms with Gasteiger partial charge in [-0.25, -0.2) is 0 Å². The lowest BCUT2D eigenvalue weighted by Crippen LogP contribution is -2.04. The van der Waals surface area contributed by atoms with Gasteiger partial charge in [0.25, 0.3) is 0 Å². The van der Waals surface area contributed by atoms with Gasteiger partial charge >= 0.3 is 16.1 Å². The first kappa shape index (κ1) is 9.08. The number of rotatable bonds is 2. The third-order valence-corrected chi connectivity index (χ3v) is 2.10. The molecule has 0 aliphatic carbocycles. The molecule has 0 fully saturated rings. The Balaban J connectivity index is 2.46. The molecule has 0 bridgehead atoms. The van der Waals surface area contributed by atoms with Crippen molar-refractivity contribution in [2.24, 2.45) is 0 Å². The summed E-state index contributed by atoms with van der Waals surface area (Å²) in [5.74, 6) is -0.00583. The Bertz CT molecular complexity index is 520. The van der Waals surface area contributed by atoms with E-state index in [1.54, 1.807) is 12.1 Å². The van der Waals surface area contributed by atoms with Crippen molar-refractivity contribution in [1.29, 1.82) is 0 Å². The Hall–Kier alpha value is -1.49. The first-order chi connectivity index (χ1) is 6.54. The summed E-state index contributed by atoms with van der Waals surface area (Å²) in [6, 6.07) is 8.73. The summed E-state index contributed by atoms with van der Waals surface area (Å²) in [6.07, 6.45) is 0.972. The van der Waals surface area contributed by atoms with Crippen LogP contribution in [0.3, 0.4) is 0 Å². The maximum absolute atomic E-state index is 10.8. The van der Waals surface area contributed by atoms with E-state index in [0.29, 0.717) is 5.58 Å². The molecular formula is C9H8O4S. The van der Waals surface area contributed by atoms with Gasteiger partial charge in [-0.2, -0.15) is 8.42 Å². The highest BCUT2D eigenvalue weighted by Gasteiger charge is 2.09. The summed E-state index contributed by atoms with van der Waals surface area (Å²) in [6.45, 7) is 0. The molecule has 0 saturated carbocycles. The Morgan fingerprint density at radius 1 is 1.29 bits per heavy atom. The largest absolute Gasteiger partial charge is 0.425 e. The number of para-hydroxylation sites is 1. The summed E-state index contributed by atoms with van der Waals surface area (Å²) >= 11 is 0. The molecule has 1 aromatic carbocycles. The normalized spacial score (nSPS) is 11.8. The van der Waals surface area contributed by atoms with Gasteiger partial charge < -0.3 is 8.60 Å². The van der Waals surface area contributed by atoms with Gasteiger partial charge in [-0.15, -0.1) is 0 Å². The van der Waals surface area contributed by atoms with Gasteiger partial charge in [-0.1, -0.05) is 18.2 Å². The van der Waals surface area contributed by atoms with Crippen LogP contribution in [0.1, 0.15) is 0 Å². The third-order valence-electron chi connectivity index (χ3n) is 1.64. The minimum atomic E-state index is -3.52. The first-order valence-corrected chi connectivity index (χ1v) is 5.74. The van der Waals surface area contributed by atoms with E-state index in [-0.39, 0.29) is 5.95 Å². The van der Waals surface area contributed by atoms with Crippen molar-refractivity contribution in [3.8, 4) is 5.95 Å². The fraction of sp³-hybridized carbons (Fsp3) is 0.111. The molecule has 0 aliphatic heterocycles. The molecule has 2 aromatic rings. The first-order valence-electron chi connectivity index (χ1n) is 3.93. The smallest absolute Gasteiger partial charge is 0.308 e. The van der Waals surface area contributed by atoms with E-state index in [9.17, 15) is 8.42 Å². The summed E-state index contributed by atoms with van der Waals surface area (Å²) < 4.78 is 31.3. The quantitative estimate of drug-likeness (QED) is 0.712. The van der Waals surface area contributed by atoms with Gasteiger partial charge in [0, 0.05) is 11.5 Å². The van der Waals surface area contributed by atoms with Crippen LogP contribution in [-0.2, 0) is 10.1 Å². The Kier molecular flexibility index (Phi) is 1.96. The average molecular weight is 212 g/mol. The number of benzene rings is 1. The maximum atomic E-state index is 10.8. The summed E-state index contributed by atoms with van der Waals surface area (Å²) in [7, 11) is -3.52. The van der Waals surface area contributed by atoms with Gasteiger partial charge in [0.1, 0.15) is 5.58 Å². The predicted molar refractivity (Wildman–Crippen MR) is 51.7 cm³/mol. The molecule has 14 heavy (non-hydrogen) atoms. The van der Waals surface area contributed by atoms with Gasteiger partial charge in [-0.05, 0) is 6.07 Å². The molecule has 0 spiro atoms. The van der Waals surface area contributed by atoms with Gasteiger partial charge in [0.05, 0.1) is 6.26 Å². The van der Waals surface area contributed by atoms with Crippen LogP contribution in [-0.4, -0.2) is 14.7 Å². The zero-order valence-electron chi connectivity index (χ0n) is 7.43. The summed E-state index contributed by atoms with van der Waals surface area (Å²) in [5, 5.41) is 0.811. The van der Waals surface area contributed by atoms with Crippen molar-refractivity contribution in [2.45, 2.75) is 0 Å². The standard InChI is InChI=1S/C9H8O4S/c1-14(10,11)13-9-6-7-4-2-3-5-8(7)12-9/h2-6H,1H3. The van der Waals surface area contributed by atoms with Crippen LogP contribution < -0.4 is 4.18 Å². The molecule has 0 N–H and O–H groups in total. The molecule has 2 rings (SSSR count). The lowest BCUT2D eigenvalue weighted by Gasteiger charge is -1.95. The summed E-state index contributed by atoms with van der Waals surface area (Å²) in [4.78, 5) is 0. The topological polar surface area (TPSA) is 56.5 Å². The lowest BCUT2D eigenvalue weighted by atomic mass is 10.3. The lowest BCUT2D eigenvalue weighted by molar-refractivity contribution is 0.401. The highest BCUT2D eigenvalue weighted by atomic mass is 32.2. The molecule has 5 heteroatoms. The minimum Gasteiger partial charge on any atom is -0.425 e. The van der Waals surface area contributed by atoms with Gasteiger partial charge in [0.15, 0.2) is 0 Å². The average Bonchev–Trinajstić information content (AvgIpc) is 2.42. The predicted octanol–water partition coefficient (Wildman–Crippen LogP) is 1.77. The van der Waals surface area contributed by atoms with E-state index in [1.165, 1.54) is 6.07 Å². The zero-order valence-corrected chi connectivity index (χ0v) is 8.24. The Morgan fingerprint density at radius 3 is 2.64 bits per heavy atom. The van der Waals surface area contributed by atoms with Gasteiger partial charge in [0.2, 0.25) is 0 Å². The van der Waals surface area contributed by atoms with E-state index in [1.807, 2.05) is 12.1 Å². The molecule has 0 unspecified atom stereocenters. The Morgan fingerprint density at radius 2 is 2.00 bits per heavy atom. The van der Waals surface area contributed by atoms with Crippen molar-refractivity contribution in [3.63, 3.8) is 0 Å². The molecule has 74 valence electrons. The van der Waals surface area contributed by atoms with Crippen molar-refractivity contribution in [1.82, 2.24) is 0 Å². The van der Waals surface area contributed by atoms with E-state index in [2.05, 4.69) is 4.18 Å². The van der Waals surface area contributed by atoms with Gasteiger partial charge in [-0.3, -0.25) is 0 Å². The maximum Gasteiger partial charge on any atom is 0.308 e. The monoisotopic (exact) mass is 212 g/mol. The van der Waals surface area contributed by atoms with Crippen LogP contribution in [0.25, 0.3) is 11.0 Å². The highest BCUT2D eigenvalue weighted by molar-refractivity contribution is 7.86. The highest BCUT2D eigenvalue weighted by Crippen LogP contribution is 2.25. The van der Waals surface area contributed by atoms with Crippen molar-refractivity contribution in [3.05, 3.63) is 30.3 Å². The van der Waals surface area contributed by atoms with Crippen LogP contribution in [0.15, 0.2) is 34.7 Å². The van der Waals surface area contributed by atoms with E-state index < -0.39 is 10.1 Å². The number of hydrogen-bond donors (Lipinski definition) is 0. The number of fused-ring (bicyclic) bond motifs is 1. The van der Waals surface area contributed by atoms with Crippen LogP contribution >= 0.6 is 0 Å². The zero-order chi connectivity index (χ0) is 10.2. The van der Waals surface area contributed by atoms with E-state index in [0.717, 1.165) is 11.6 Å². The van der Waals surface area contributed by atoms with Crippen LogP contribution in [0.2, 0.25) is 0 Å². The second kappa shape index (κ2) is 3.02. The molecule has 0 atom stereocenters. The minimum absolute atomic E-state index is 0.00583. The van der Waals surface area contributed by atoms with Crippen LogP contribution in [0.4, 0.5) is 0 Å². The third kappa shape index (κ3) is 1.88. The van der Waals surface area contributed by atoms with Crippen LogP contribution in [0, 0.1) is 0 Å². The second-order valence-electron chi connectivity index (χ2n) is 2.89. The van der Waals surface area contributed by atoms with Crippen molar-refractivity contribution >= 4 is 21.1 Å². The number of furan rings is 1. The van der Waals surface area contributed by atoms with E-state index in [4.69, 9.17) is 4.42 Å². The summed E-state index contributed by atoms with van der Waals surface area (Å²) in [5.41, 5.74) is 0.603. The molecule has 0 saturated heterocycles.